The third-order valence-corrected chi connectivity index (χ3v) is 11.8. The molecule has 2 aliphatic heterocycles. The number of carbonyl (C=O) groups is 4. The Kier molecular flexibility index (Phi) is 14.2. The molecule has 0 radical (unpaired) electrons. The molecule has 1 saturated heterocycles. The summed E-state index contributed by atoms with van der Waals surface area (Å²) in [5.41, 5.74) is 16.8. The van der Waals surface area contributed by atoms with Gasteiger partial charge < -0.3 is 44.9 Å². The molecular formula is C45H58N14O8. The maximum atomic E-state index is 14.0. The molecular weight excluding hydrogens is 865 g/mol. The van der Waals surface area contributed by atoms with Crippen LogP contribution in [0.5, 0.6) is 11.5 Å². The third-order valence-electron chi connectivity index (χ3n) is 11.8. The van der Waals surface area contributed by atoms with Crippen LogP contribution >= 0.6 is 0 Å². The minimum Gasteiger partial charge on any atom is -0.491 e. The van der Waals surface area contributed by atoms with Gasteiger partial charge in [0, 0.05) is 51.9 Å². The van der Waals surface area contributed by atoms with Crippen molar-refractivity contribution in [3.63, 3.8) is 0 Å². The van der Waals surface area contributed by atoms with Crippen molar-refractivity contribution in [1.29, 1.82) is 0 Å². The monoisotopic (exact) mass is 922 g/mol. The van der Waals surface area contributed by atoms with Gasteiger partial charge >= 0.3 is 0 Å². The maximum Gasteiger partial charge on any atom is 0.276 e. The first-order valence-corrected chi connectivity index (χ1v) is 22.5. The average molecular weight is 923 g/mol. The van der Waals surface area contributed by atoms with Gasteiger partial charge in [0.2, 0.25) is 23.7 Å². The largest absolute Gasteiger partial charge is 0.491 e. The molecule has 4 amide bonds. The van der Waals surface area contributed by atoms with Crippen molar-refractivity contribution in [2.45, 2.75) is 85.3 Å². The second-order valence-electron chi connectivity index (χ2n) is 16.7. The van der Waals surface area contributed by atoms with Crippen molar-refractivity contribution >= 4 is 57.6 Å². The number of nitrogens with one attached hydrogen (secondary N) is 3. The Morgan fingerprint density at radius 3 is 2.19 bits per heavy atom. The number of nitrogens with two attached hydrogens (primary N) is 2. The summed E-state index contributed by atoms with van der Waals surface area (Å²) in [6, 6.07) is 10.1. The number of amides is 4. The zero-order valence-corrected chi connectivity index (χ0v) is 38.5. The predicted molar refractivity (Wildman–Crippen MR) is 247 cm³/mol. The highest BCUT2D eigenvalue weighted by Crippen LogP contribution is 2.39. The lowest BCUT2D eigenvalue weighted by atomic mass is 10.1. The fraction of sp³-hybridized carbons (Fsp3) is 0.467. The van der Waals surface area contributed by atoms with Gasteiger partial charge in [-0.3, -0.25) is 44.1 Å². The smallest absolute Gasteiger partial charge is 0.276 e. The van der Waals surface area contributed by atoms with Crippen molar-refractivity contribution in [2.75, 3.05) is 63.9 Å². The number of hydrogen-bond acceptors (Lipinski definition) is 14. The van der Waals surface area contributed by atoms with Crippen LogP contribution in [0.1, 0.15) is 87.4 Å². The molecule has 4 aromatic heterocycles. The second kappa shape index (κ2) is 20.3. The van der Waals surface area contributed by atoms with Crippen molar-refractivity contribution in [3.8, 4) is 11.5 Å². The summed E-state index contributed by atoms with van der Waals surface area (Å²) in [5.74, 6) is 0.0309. The van der Waals surface area contributed by atoms with Crippen LogP contribution < -0.4 is 36.9 Å². The second-order valence-corrected chi connectivity index (χ2v) is 16.7. The van der Waals surface area contributed by atoms with Crippen LogP contribution in [0, 0.1) is 13.8 Å². The molecule has 0 aliphatic carbocycles. The summed E-state index contributed by atoms with van der Waals surface area (Å²) in [6.45, 7) is 11.7. The van der Waals surface area contributed by atoms with Crippen molar-refractivity contribution in [3.05, 3.63) is 70.3 Å². The molecule has 22 nitrogen and oxygen atoms in total. The van der Waals surface area contributed by atoms with E-state index in [0.717, 1.165) is 18.7 Å². The Hall–Kier alpha value is -6.88. The molecule has 0 bridgehead atoms. The predicted octanol–water partition coefficient (Wildman–Crippen LogP) is 3.10. The van der Waals surface area contributed by atoms with E-state index in [1.54, 1.807) is 40.7 Å². The first-order chi connectivity index (χ1) is 32.4. The number of benzene rings is 2. The minimum atomic E-state index is -0.635. The van der Waals surface area contributed by atoms with Gasteiger partial charge in [-0.1, -0.05) is 0 Å². The summed E-state index contributed by atoms with van der Waals surface area (Å²) in [7, 11) is 1.67. The quantitative estimate of drug-likeness (QED) is 0.0484. The van der Waals surface area contributed by atoms with E-state index in [1.165, 1.54) is 0 Å². The van der Waals surface area contributed by atoms with Gasteiger partial charge in [-0.25, -0.2) is 9.97 Å². The normalized spacial score (nSPS) is 14.9. The van der Waals surface area contributed by atoms with Crippen LogP contribution in [0.4, 0.5) is 11.9 Å². The number of aryl methyl sites for hydroxylation is 5. The number of hydrogen-bond donors (Lipinski definition) is 5. The van der Waals surface area contributed by atoms with E-state index in [0.29, 0.717) is 114 Å². The maximum absolute atomic E-state index is 14.0. The lowest BCUT2D eigenvalue weighted by molar-refractivity contribution is -0.125. The van der Waals surface area contributed by atoms with E-state index in [2.05, 4.69) is 26.1 Å². The molecule has 0 saturated carbocycles. The van der Waals surface area contributed by atoms with Crippen LogP contribution in [-0.4, -0.2) is 127 Å². The molecule has 1 atom stereocenters. The standard InChI is InChI=1S/C45H58N14O8/c1-6-57-34(14-26(3)53-57)42(62)51-44-49-32-16-28(23-65-25-46)17-36(66-13-9-11-48-38(60)22-55-20-31(21-55)64-5)39(32)56(44)12-8-10-30-24-67-37-19-29(41(47)61)18-33-40(37)59(30)45(50-33)52-43(63)35-15-27(4)54-58(35)7-2/h14-19,30-31H,6-13,20-25,46H2,1-5H3,(H2,47,61)(H,48,60)(H,49,51,62)(H,50,52,63)/t30-/m0/s1. The van der Waals surface area contributed by atoms with Crippen LogP contribution in [0.25, 0.3) is 22.1 Å². The lowest BCUT2D eigenvalue weighted by Gasteiger charge is -2.37. The van der Waals surface area contributed by atoms with Gasteiger partial charge in [-0.2, -0.15) is 10.2 Å². The number of aromatic nitrogens is 8. The van der Waals surface area contributed by atoms with Crippen LogP contribution in [0.2, 0.25) is 0 Å². The van der Waals surface area contributed by atoms with Crippen LogP contribution in [0.15, 0.2) is 36.4 Å². The molecule has 0 spiro atoms. The van der Waals surface area contributed by atoms with E-state index >= 15 is 0 Å². The molecule has 6 aromatic rings. The number of rotatable bonds is 22. The number of fused-ring (bicyclic) bond motifs is 1. The molecule has 2 aromatic carbocycles. The fourth-order valence-corrected chi connectivity index (χ4v) is 8.63. The molecule has 22 heteroatoms. The van der Waals surface area contributed by atoms with Gasteiger partial charge in [0.25, 0.3) is 11.8 Å². The minimum absolute atomic E-state index is 0.0111. The number of ether oxygens (including phenoxy) is 4. The molecule has 2 aliphatic rings. The van der Waals surface area contributed by atoms with E-state index in [1.807, 2.05) is 53.9 Å². The van der Waals surface area contributed by atoms with Gasteiger partial charge in [-0.05, 0) is 88.9 Å². The molecule has 67 heavy (non-hydrogen) atoms. The number of carbonyl (C=O) groups excluding carboxylic acids is 4. The topological polar surface area (TPSA) is 268 Å². The first-order valence-electron chi connectivity index (χ1n) is 22.5. The van der Waals surface area contributed by atoms with Gasteiger partial charge in [0.15, 0.2) is 0 Å². The third kappa shape index (κ3) is 10.1. The number of primary amides is 1. The Morgan fingerprint density at radius 1 is 0.866 bits per heavy atom. The zero-order chi connectivity index (χ0) is 47.4. The first kappa shape index (κ1) is 46.6. The molecule has 356 valence electrons. The highest BCUT2D eigenvalue weighted by molar-refractivity contribution is 6.05. The summed E-state index contributed by atoms with van der Waals surface area (Å²) in [6.07, 6.45) is 1.74. The SMILES string of the molecule is CCn1nc(C)cc1C(=O)Nc1nc2cc(COCN)cc(OCCCNC(=O)CN3CC(OC)C3)c2n1CCC[C@H]1COc2cc(C(N)=O)cc3nc(NC(=O)c4cc(C)nn4CC)n1c23. The number of anilines is 2. The highest BCUT2D eigenvalue weighted by atomic mass is 16.5. The Morgan fingerprint density at radius 2 is 1.54 bits per heavy atom. The Labute approximate surface area is 386 Å². The van der Waals surface area contributed by atoms with Crippen molar-refractivity contribution < 1.29 is 38.1 Å². The van der Waals surface area contributed by atoms with Crippen LogP contribution in [0.3, 0.4) is 0 Å². The summed E-state index contributed by atoms with van der Waals surface area (Å²) < 4.78 is 30.8. The van der Waals surface area contributed by atoms with Crippen LogP contribution in [-0.2, 0) is 40.5 Å². The molecule has 8 rings (SSSR count). The summed E-state index contributed by atoms with van der Waals surface area (Å²) in [5, 5.41) is 17.9. The van der Waals surface area contributed by atoms with Crippen molar-refractivity contribution in [1.82, 2.24) is 48.9 Å². The van der Waals surface area contributed by atoms with E-state index < -0.39 is 5.91 Å². The lowest BCUT2D eigenvalue weighted by Crippen LogP contribution is -2.54. The number of imidazole rings is 2. The zero-order valence-electron chi connectivity index (χ0n) is 38.5. The number of likely N-dealkylation sites (tertiary alicyclic amines) is 1. The Balaban J connectivity index is 1.08. The highest BCUT2D eigenvalue weighted by Gasteiger charge is 2.31. The molecule has 7 N–H and O–H groups in total. The van der Waals surface area contributed by atoms with E-state index in [9.17, 15) is 19.2 Å². The number of nitrogens with zero attached hydrogens (tertiary/aromatic N) is 9. The molecule has 1 fully saturated rings. The van der Waals surface area contributed by atoms with Gasteiger partial charge in [-0.15, -0.1) is 0 Å². The summed E-state index contributed by atoms with van der Waals surface area (Å²) in [4.78, 5) is 64.5. The molecule has 0 unspecified atom stereocenters. The van der Waals surface area contributed by atoms with Gasteiger partial charge in [0.05, 0.1) is 61.1 Å². The van der Waals surface area contributed by atoms with E-state index in [4.69, 9.17) is 40.4 Å². The number of methoxy groups -OCH3 is 1. The summed E-state index contributed by atoms with van der Waals surface area (Å²) >= 11 is 0. The molecule has 6 heterocycles. The van der Waals surface area contributed by atoms with Gasteiger partial charge in [0.1, 0.15) is 40.5 Å². The van der Waals surface area contributed by atoms with Crippen molar-refractivity contribution in [2.24, 2.45) is 11.5 Å². The Bertz CT molecular complexity index is 2800. The van der Waals surface area contributed by atoms with E-state index in [-0.39, 0.29) is 67.9 Å². The average Bonchev–Trinajstić information content (AvgIpc) is 4.07. The fourth-order valence-electron chi connectivity index (χ4n) is 8.63.